The third-order valence-electron chi connectivity index (χ3n) is 3.69. The van der Waals surface area contributed by atoms with Gasteiger partial charge in [-0.15, -0.1) is 0 Å². The molecule has 6 nitrogen and oxygen atoms in total. The smallest absolute Gasteiger partial charge is 0.262 e. The van der Waals surface area contributed by atoms with Crippen LogP contribution in [0.3, 0.4) is 0 Å². The summed E-state index contributed by atoms with van der Waals surface area (Å²) in [7, 11) is 1.50. The molecule has 6 heteroatoms. The fourth-order valence-electron chi connectivity index (χ4n) is 2.65. The Morgan fingerprint density at radius 1 is 1.16 bits per heavy atom. The molecule has 0 aliphatic rings. The number of oxime groups is 1. The first-order chi connectivity index (χ1) is 11.9. The van der Waals surface area contributed by atoms with E-state index in [2.05, 4.69) is 10.5 Å². The minimum Gasteiger partial charge on any atom is -0.493 e. The van der Waals surface area contributed by atoms with Crippen molar-refractivity contribution >= 4 is 17.8 Å². The summed E-state index contributed by atoms with van der Waals surface area (Å²) in [4.78, 5) is 12.2. The van der Waals surface area contributed by atoms with Crippen LogP contribution in [-0.4, -0.2) is 31.0 Å². The quantitative estimate of drug-likeness (QED) is 0.479. The van der Waals surface area contributed by atoms with Crippen LogP contribution in [0.25, 0.3) is 0 Å². The predicted octanol–water partition coefficient (Wildman–Crippen LogP) is 3.45. The Hall–Kier alpha value is -3.02. The molecule has 2 aromatic rings. The highest BCUT2D eigenvalue weighted by molar-refractivity contribution is 5.93. The number of rotatable bonds is 6. The molecule has 0 saturated heterocycles. The van der Waals surface area contributed by atoms with Crippen molar-refractivity contribution < 1.29 is 19.5 Å². The number of anilines is 1. The zero-order valence-corrected chi connectivity index (χ0v) is 14.8. The van der Waals surface area contributed by atoms with Gasteiger partial charge in [-0.25, -0.2) is 0 Å². The van der Waals surface area contributed by atoms with Gasteiger partial charge in [0.2, 0.25) is 0 Å². The second-order valence-corrected chi connectivity index (χ2v) is 5.77. The zero-order valence-electron chi connectivity index (χ0n) is 14.8. The molecular weight excluding hydrogens is 320 g/mol. The standard InChI is InChI=1S/C19H22N2O4/c1-12-7-13(2)19(14(3)8-12)21-18(22)11-25-16-6-5-15(10-20-23)9-17(16)24-4/h5-10,23H,11H2,1-4H3,(H,21,22). The minimum absolute atomic E-state index is 0.142. The van der Waals surface area contributed by atoms with E-state index in [1.165, 1.54) is 13.3 Å². The predicted molar refractivity (Wildman–Crippen MR) is 97.2 cm³/mol. The molecule has 0 radical (unpaired) electrons. The van der Waals surface area contributed by atoms with Crippen LogP contribution in [0.4, 0.5) is 5.69 Å². The van der Waals surface area contributed by atoms with E-state index < -0.39 is 0 Å². The molecule has 0 bridgehead atoms. The molecule has 2 rings (SSSR count). The van der Waals surface area contributed by atoms with Gasteiger partial charge in [0, 0.05) is 11.3 Å². The molecule has 2 aromatic carbocycles. The van der Waals surface area contributed by atoms with E-state index in [0.29, 0.717) is 17.1 Å². The van der Waals surface area contributed by atoms with E-state index in [-0.39, 0.29) is 12.5 Å². The van der Waals surface area contributed by atoms with Gasteiger partial charge in [-0.1, -0.05) is 22.9 Å². The van der Waals surface area contributed by atoms with Crippen LogP contribution >= 0.6 is 0 Å². The zero-order chi connectivity index (χ0) is 18.4. The number of benzene rings is 2. The number of ether oxygens (including phenoxy) is 2. The molecule has 0 aromatic heterocycles. The Labute approximate surface area is 147 Å². The lowest BCUT2D eigenvalue weighted by molar-refractivity contribution is -0.118. The Kier molecular flexibility index (Phi) is 6.00. The third kappa shape index (κ3) is 4.73. The van der Waals surface area contributed by atoms with E-state index in [1.807, 2.05) is 32.9 Å². The average Bonchev–Trinajstić information content (AvgIpc) is 2.57. The summed E-state index contributed by atoms with van der Waals surface area (Å²) in [6.45, 7) is 5.80. The van der Waals surface area contributed by atoms with Gasteiger partial charge in [-0.3, -0.25) is 4.79 Å². The van der Waals surface area contributed by atoms with E-state index in [0.717, 1.165) is 22.4 Å². The van der Waals surface area contributed by atoms with Gasteiger partial charge in [0.25, 0.3) is 5.91 Å². The maximum Gasteiger partial charge on any atom is 0.262 e. The van der Waals surface area contributed by atoms with Crippen LogP contribution in [-0.2, 0) is 4.79 Å². The first kappa shape index (κ1) is 18.3. The Morgan fingerprint density at radius 2 is 1.84 bits per heavy atom. The molecule has 132 valence electrons. The van der Waals surface area contributed by atoms with Gasteiger partial charge in [0.05, 0.1) is 13.3 Å². The molecule has 0 atom stereocenters. The SMILES string of the molecule is COc1cc(C=NO)ccc1OCC(=O)Nc1c(C)cc(C)cc1C. The van der Waals surface area contributed by atoms with Crippen LogP contribution in [0.1, 0.15) is 22.3 Å². The third-order valence-corrected chi connectivity index (χ3v) is 3.69. The number of methoxy groups -OCH3 is 1. The highest BCUT2D eigenvalue weighted by Gasteiger charge is 2.11. The van der Waals surface area contributed by atoms with Gasteiger partial charge in [0.1, 0.15) is 0 Å². The fraction of sp³-hybridized carbons (Fsp3) is 0.263. The average molecular weight is 342 g/mol. The van der Waals surface area contributed by atoms with Crippen LogP contribution in [0.2, 0.25) is 0 Å². The molecule has 0 aliphatic heterocycles. The summed E-state index contributed by atoms with van der Waals surface area (Å²) in [6, 6.07) is 9.05. The van der Waals surface area contributed by atoms with E-state index in [9.17, 15) is 4.79 Å². The number of aryl methyl sites for hydroxylation is 3. The molecule has 0 heterocycles. The molecule has 0 fully saturated rings. The second kappa shape index (κ2) is 8.19. The van der Waals surface area contributed by atoms with Crippen LogP contribution in [0.15, 0.2) is 35.5 Å². The fourth-order valence-corrected chi connectivity index (χ4v) is 2.65. The Bertz CT molecular complexity index is 777. The summed E-state index contributed by atoms with van der Waals surface area (Å²) >= 11 is 0. The summed E-state index contributed by atoms with van der Waals surface area (Å²) in [5, 5.41) is 14.4. The number of nitrogens with one attached hydrogen (secondary N) is 1. The highest BCUT2D eigenvalue weighted by Crippen LogP contribution is 2.28. The van der Waals surface area contributed by atoms with Gasteiger partial charge in [-0.2, -0.15) is 0 Å². The van der Waals surface area contributed by atoms with Crippen molar-refractivity contribution in [3.63, 3.8) is 0 Å². The largest absolute Gasteiger partial charge is 0.493 e. The number of hydrogen-bond donors (Lipinski definition) is 2. The van der Waals surface area contributed by atoms with Crippen molar-refractivity contribution in [3.8, 4) is 11.5 Å². The monoisotopic (exact) mass is 342 g/mol. The molecule has 0 unspecified atom stereocenters. The van der Waals surface area contributed by atoms with E-state index in [1.54, 1.807) is 18.2 Å². The summed E-state index contributed by atoms with van der Waals surface area (Å²) in [6.07, 6.45) is 1.28. The van der Waals surface area contributed by atoms with Gasteiger partial charge >= 0.3 is 0 Å². The molecule has 0 spiro atoms. The summed E-state index contributed by atoms with van der Waals surface area (Å²) in [5.74, 6) is 0.635. The van der Waals surface area contributed by atoms with Crippen molar-refractivity contribution in [1.29, 1.82) is 0 Å². The van der Waals surface area contributed by atoms with Crippen molar-refractivity contribution in [3.05, 3.63) is 52.6 Å². The first-order valence-corrected chi connectivity index (χ1v) is 7.80. The molecule has 1 amide bonds. The van der Waals surface area contributed by atoms with E-state index >= 15 is 0 Å². The van der Waals surface area contributed by atoms with Crippen molar-refractivity contribution in [2.75, 3.05) is 19.0 Å². The van der Waals surface area contributed by atoms with Gasteiger partial charge in [-0.05, 0) is 50.1 Å². The van der Waals surface area contributed by atoms with Crippen LogP contribution < -0.4 is 14.8 Å². The Morgan fingerprint density at radius 3 is 2.44 bits per heavy atom. The first-order valence-electron chi connectivity index (χ1n) is 7.80. The van der Waals surface area contributed by atoms with Crippen LogP contribution in [0, 0.1) is 20.8 Å². The van der Waals surface area contributed by atoms with Crippen molar-refractivity contribution in [2.45, 2.75) is 20.8 Å². The molecular formula is C19H22N2O4. The van der Waals surface area contributed by atoms with Gasteiger partial charge < -0.3 is 20.0 Å². The number of amides is 1. The van der Waals surface area contributed by atoms with Crippen molar-refractivity contribution in [1.82, 2.24) is 0 Å². The molecule has 25 heavy (non-hydrogen) atoms. The lowest BCUT2D eigenvalue weighted by Gasteiger charge is -2.14. The number of hydrogen-bond acceptors (Lipinski definition) is 5. The molecule has 2 N–H and O–H groups in total. The lowest BCUT2D eigenvalue weighted by Crippen LogP contribution is -2.21. The minimum atomic E-state index is -0.252. The summed E-state index contributed by atoms with van der Waals surface area (Å²) in [5.41, 5.74) is 4.63. The Balaban J connectivity index is 2.05. The molecule has 0 aliphatic carbocycles. The number of carbonyl (C=O) groups is 1. The maximum atomic E-state index is 12.2. The van der Waals surface area contributed by atoms with Crippen molar-refractivity contribution in [2.24, 2.45) is 5.16 Å². The topological polar surface area (TPSA) is 80.2 Å². The van der Waals surface area contributed by atoms with Gasteiger partial charge in [0.15, 0.2) is 18.1 Å². The second-order valence-electron chi connectivity index (χ2n) is 5.77. The lowest BCUT2D eigenvalue weighted by atomic mass is 10.1. The van der Waals surface area contributed by atoms with E-state index in [4.69, 9.17) is 14.7 Å². The highest BCUT2D eigenvalue weighted by atomic mass is 16.5. The normalized spacial score (nSPS) is 10.7. The number of carbonyl (C=O) groups excluding carboxylic acids is 1. The number of nitrogens with zero attached hydrogens (tertiary/aromatic N) is 1. The summed E-state index contributed by atoms with van der Waals surface area (Å²) < 4.78 is 10.8. The van der Waals surface area contributed by atoms with Crippen LogP contribution in [0.5, 0.6) is 11.5 Å². The molecule has 0 saturated carbocycles. The maximum absolute atomic E-state index is 12.2.